The second-order valence-corrected chi connectivity index (χ2v) is 7.47. The first kappa shape index (κ1) is 20.9. The Morgan fingerprint density at radius 1 is 1.16 bits per heavy atom. The number of anilines is 1. The van der Waals surface area contributed by atoms with Crippen LogP contribution >= 0.6 is 0 Å². The molecule has 0 unspecified atom stereocenters. The number of carbonyl (C=O) groups excluding carboxylic acids is 1. The van der Waals surface area contributed by atoms with Gasteiger partial charge in [0.25, 0.3) is 0 Å². The van der Waals surface area contributed by atoms with Crippen molar-refractivity contribution in [1.29, 1.82) is 0 Å². The zero-order valence-corrected chi connectivity index (χ0v) is 17.2. The standard InChI is InChI=1S/C21H22F2N6O2/c1-12-7-13(2)29(27-12)20-10-19(28-5-6-31-17(11-28)21(24)30)25-18(26-20)9-14-3-4-15(22)16(23)8-14/h3-4,7-8,10,17H,5-6,9,11H2,1-2H3,(H2,24,30)/t17-/m0/s1. The molecule has 3 aromatic rings. The molecule has 0 radical (unpaired) electrons. The summed E-state index contributed by atoms with van der Waals surface area (Å²) in [4.78, 5) is 22.7. The van der Waals surface area contributed by atoms with Crippen LogP contribution in [0.5, 0.6) is 0 Å². The molecule has 2 aromatic heterocycles. The van der Waals surface area contributed by atoms with Crippen molar-refractivity contribution in [3.05, 3.63) is 64.7 Å². The van der Waals surface area contributed by atoms with Gasteiger partial charge >= 0.3 is 0 Å². The smallest absolute Gasteiger partial charge is 0.248 e. The second-order valence-electron chi connectivity index (χ2n) is 7.47. The number of halogens is 2. The van der Waals surface area contributed by atoms with Crippen LogP contribution in [0.25, 0.3) is 5.82 Å². The molecule has 4 rings (SSSR count). The minimum Gasteiger partial charge on any atom is -0.367 e. The number of nitrogens with zero attached hydrogens (tertiary/aromatic N) is 5. The van der Waals surface area contributed by atoms with Gasteiger partial charge in [0.2, 0.25) is 5.91 Å². The van der Waals surface area contributed by atoms with E-state index in [4.69, 9.17) is 10.5 Å². The molecule has 3 heterocycles. The van der Waals surface area contributed by atoms with E-state index in [2.05, 4.69) is 15.1 Å². The third kappa shape index (κ3) is 4.53. The van der Waals surface area contributed by atoms with E-state index in [-0.39, 0.29) is 13.0 Å². The monoisotopic (exact) mass is 428 g/mol. The first-order chi connectivity index (χ1) is 14.8. The van der Waals surface area contributed by atoms with Crippen LogP contribution in [0.15, 0.2) is 30.3 Å². The summed E-state index contributed by atoms with van der Waals surface area (Å²) in [6.45, 7) is 4.89. The molecule has 162 valence electrons. The lowest BCUT2D eigenvalue weighted by Crippen LogP contribution is -2.48. The third-order valence-corrected chi connectivity index (χ3v) is 5.03. The van der Waals surface area contributed by atoms with Crippen LogP contribution in [0, 0.1) is 25.5 Å². The molecule has 0 spiro atoms. The summed E-state index contributed by atoms with van der Waals surface area (Å²) in [5.41, 5.74) is 7.66. The number of primary amides is 1. The van der Waals surface area contributed by atoms with Crippen molar-refractivity contribution in [2.24, 2.45) is 5.73 Å². The lowest BCUT2D eigenvalue weighted by Gasteiger charge is -2.32. The van der Waals surface area contributed by atoms with Gasteiger partial charge in [-0.3, -0.25) is 4.79 Å². The number of aromatic nitrogens is 4. The number of morpholine rings is 1. The Hall–Kier alpha value is -3.40. The van der Waals surface area contributed by atoms with E-state index in [0.29, 0.717) is 36.2 Å². The maximum atomic E-state index is 13.7. The molecular weight excluding hydrogens is 406 g/mol. The maximum absolute atomic E-state index is 13.7. The normalized spacial score (nSPS) is 16.5. The minimum absolute atomic E-state index is 0.195. The van der Waals surface area contributed by atoms with Crippen LogP contribution in [-0.2, 0) is 16.0 Å². The summed E-state index contributed by atoms with van der Waals surface area (Å²) in [6, 6.07) is 7.41. The Balaban J connectivity index is 1.74. The van der Waals surface area contributed by atoms with Crippen molar-refractivity contribution in [1.82, 2.24) is 19.7 Å². The lowest BCUT2D eigenvalue weighted by atomic mass is 10.1. The first-order valence-corrected chi connectivity index (χ1v) is 9.81. The van der Waals surface area contributed by atoms with Gasteiger partial charge in [-0.15, -0.1) is 0 Å². The van der Waals surface area contributed by atoms with Gasteiger partial charge in [-0.25, -0.2) is 23.4 Å². The number of carbonyl (C=O) groups is 1. The largest absolute Gasteiger partial charge is 0.367 e. The number of rotatable bonds is 5. The molecule has 0 saturated carbocycles. The highest BCUT2D eigenvalue weighted by Gasteiger charge is 2.26. The molecule has 8 nitrogen and oxygen atoms in total. The highest BCUT2D eigenvalue weighted by Crippen LogP contribution is 2.21. The number of benzene rings is 1. The van der Waals surface area contributed by atoms with Crippen LogP contribution in [0.2, 0.25) is 0 Å². The number of nitrogens with two attached hydrogens (primary N) is 1. The SMILES string of the molecule is Cc1cc(C)n(-c2cc(N3CCO[C@H](C(N)=O)C3)nc(Cc3ccc(F)c(F)c3)n2)n1. The maximum Gasteiger partial charge on any atom is 0.248 e. The molecule has 1 aromatic carbocycles. The van der Waals surface area contributed by atoms with Crippen molar-refractivity contribution in [3.63, 3.8) is 0 Å². The van der Waals surface area contributed by atoms with Crippen molar-refractivity contribution >= 4 is 11.7 Å². The van der Waals surface area contributed by atoms with Crippen molar-refractivity contribution < 1.29 is 18.3 Å². The van der Waals surface area contributed by atoms with Crippen LogP contribution in [-0.4, -0.2) is 51.5 Å². The van der Waals surface area contributed by atoms with E-state index in [1.54, 1.807) is 10.7 Å². The fraction of sp³-hybridized carbons (Fsp3) is 0.333. The van der Waals surface area contributed by atoms with E-state index in [0.717, 1.165) is 23.5 Å². The summed E-state index contributed by atoms with van der Waals surface area (Å²) in [5, 5.41) is 4.48. The van der Waals surface area contributed by atoms with E-state index in [9.17, 15) is 13.6 Å². The van der Waals surface area contributed by atoms with Gasteiger partial charge in [0, 0.05) is 24.7 Å². The first-order valence-electron chi connectivity index (χ1n) is 9.81. The molecule has 1 amide bonds. The average molecular weight is 428 g/mol. The number of ether oxygens (including phenoxy) is 1. The van der Waals surface area contributed by atoms with E-state index in [1.165, 1.54) is 6.07 Å². The van der Waals surface area contributed by atoms with Crippen LogP contribution in [0.4, 0.5) is 14.6 Å². The van der Waals surface area contributed by atoms with Gasteiger partial charge < -0.3 is 15.4 Å². The van der Waals surface area contributed by atoms with Gasteiger partial charge in [0.1, 0.15) is 11.6 Å². The second kappa shape index (κ2) is 8.38. The topological polar surface area (TPSA) is 99.2 Å². The van der Waals surface area contributed by atoms with Gasteiger partial charge in [0.05, 0.1) is 18.8 Å². The molecule has 31 heavy (non-hydrogen) atoms. The Morgan fingerprint density at radius 2 is 1.94 bits per heavy atom. The molecular formula is C21H22F2N6O2. The highest BCUT2D eigenvalue weighted by molar-refractivity contribution is 5.79. The summed E-state index contributed by atoms with van der Waals surface area (Å²) in [5.74, 6) is -0.856. The fourth-order valence-corrected chi connectivity index (χ4v) is 3.54. The number of hydrogen-bond donors (Lipinski definition) is 1. The van der Waals surface area contributed by atoms with E-state index >= 15 is 0 Å². The van der Waals surface area contributed by atoms with Gasteiger partial charge in [-0.2, -0.15) is 5.10 Å². The molecule has 2 N–H and O–H groups in total. The zero-order chi connectivity index (χ0) is 22.1. The molecule has 1 fully saturated rings. The van der Waals surface area contributed by atoms with Gasteiger partial charge in [-0.05, 0) is 37.6 Å². The lowest BCUT2D eigenvalue weighted by molar-refractivity contribution is -0.130. The predicted octanol–water partition coefficient (Wildman–Crippen LogP) is 1.84. The molecule has 1 saturated heterocycles. The summed E-state index contributed by atoms with van der Waals surface area (Å²) in [7, 11) is 0. The van der Waals surface area contributed by atoms with Crippen LogP contribution in [0.3, 0.4) is 0 Å². The molecule has 1 atom stereocenters. The van der Waals surface area contributed by atoms with Gasteiger partial charge in [0.15, 0.2) is 23.6 Å². The Labute approximate surface area is 177 Å². The van der Waals surface area contributed by atoms with Crippen LogP contribution in [0.1, 0.15) is 22.8 Å². The third-order valence-electron chi connectivity index (χ3n) is 5.03. The number of aryl methyl sites for hydroxylation is 2. The van der Waals surface area contributed by atoms with E-state index in [1.807, 2.05) is 24.8 Å². The fourth-order valence-electron chi connectivity index (χ4n) is 3.54. The summed E-state index contributed by atoms with van der Waals surface area (Å²) < 4.78 is 34.1. The zero-order valence-electron chi connectivity index (χ0n) is 17.2. The van der Waals surface area contributed by atoms with Crippen LogP contribution < -0.4 is 10.6 Å². The number of amides is 1. The molecule has 1 aliphatic heterocycles. The molecule has 0 bridgehead atoms. The molecule has 1 aliphatic rings. The quantitative estimate of drug-likeness (QED) is 0.666. The Morgan fingerprint density at radius 3 is 2.61 bits per heavy atom. The van der Waals surface area contributed by atoms with E-state index < -0.39 is 23.6 Å². The van der Waals surface area contributed by atoms with Crippen molar-refractivity contribution in [2.45, 2.75) is 26.4 Å². The van der Waals surface area contributed by atoms with Gasteiger partial charge in [-0.1, -0.05) is 6.07 Å². The van der Waals surface area contributed by atoms with Crippen molar-refractivity contribution in [2.75, 3.05) is 24.6 Å². The number of hydrogen-bond acceptors (Lipinski definition) is 6. The average Bonchev–Trinajstić information content (AvgIpc) is 3.08. The summed E-state index contributed by atoms with van der Waals surface area (Å²) >= 11 is 0. The Kier molecular flexibility index (Phi) is 5.64. The van der Waals surface area contributed by atoms with Crippen molar-refractivity contribution in [3.8, 4) is 5.82 Å². The Bertz CT molecular complexity index is 1130. The molecule has 0 aliphatic carbocycles. The summed E-state index contributed by atoms with van der Waals surface area (Å²) in [6.07, 6.45) is -0.545. The molecule has 10 heteroatoms. The highest BCUT2D eigenvalue weighted by atomic mass is 19.2. The minimum atomic E-state index is -0.926. The predicted molar refractivity (Wildman–Crippen MR) is 109 cm³/mol.